The van der Waals surface area contributed by atoms with Crippen molar-refractivity contribution >= 4 is 17.8 Å². The van der Waals surface area contributed by atoms with Crippen LogP contribution >= 0.6 is 0 Å². The fraction of sp³-hybridized carbons (Fsp3) is 0.235. The van der Waals surface area contributed by atoms with E-state index in [0.717, 1.165) is 10.5 Å². The molecule has 6 heteroatoms. The monoisotopic (exact) mass is 355 g/mol. The second-order valence-electron chi connectivity index (χ2n) is 4.97. The summed E-state index contributed by atoms with van der Waals surface area (Å²) < 4.78 is 0. The molecule has 0 aliphatic carbocycles. The van der Waals surface area contributed by atoms with E-state index in [1.54, 1.807) is 24.3 Å². The molecule has 1 heterocycles. The first kappa shape index (κ1) is 18.9. The third kappa shape index (κ3) is 5.20. The molecule has 3 rings (SSSR count). The molecule has 23 heavy (non-hydrogen) atoms. The van der Waals surface area contributed by atoms with Crippen molar-refractivity contribution in [1.82, 2.24) is 4.90 Å². The van der Waals surface area contributed by atoms with Crippen LogP contribution in [0.2, 0.25) is 0 Å². The fourth-order valence-corrected chi connectivity index (χ4v) is 2.32. The van der Waals surface area contributed by atoms with Crippen molar-refractivity contribution in [2.45, 2.75) is 25.3 Å². The third-order valence-corrected chi connectivity index (χ3v) is 3.40. The molecule has 1 unspecified atom stereocenters. The average molecular weight is 355 g/mol. The van der Waals surface area contributed by atoms with Crippen molar-refractivity contribution in [2.75, 3.05) is 0 Å². The minimum Gasteiger partial charge on any atom is -0.480 e. The van der Waals surface area contributed by atoms with E-state index in [-0.39, 0.29) is 36.3 Å². The maximum Gasteiger partial charge on any atom is 2.00 e. The Bertz CT molecular complexity index is 586. The number of imide groups is 1. The van der Waals surface area contributed by atoms with Crippen molar-refractivity contribution in [1.29, 1.82) is 0 Å². The summed E-state index contributed by atoms with van der Waals surface area (Å²) >= 11 is 0. The molecule has 0 saturated carbocycles. The predicted molar refractivity (Wildman–Crippen MR) is 80.3 cm³/mol. The van der Waals surface area contributed by atoms with E-state index >= 15 is 0 Å². The number of hydrogen-bond donors (Lipinski definition) is 1. The van der Waals surface area contributed by atoms with Crippen molar-refractivity contribution in [3.63, 3.8) is 0 Å². The number of likely N-dealkylation sites (tertiary alicyclic amines) is 1. The smallest absolute Gasteiger partial charge is 0.480 e. The van der Waals surface area contributed by atoms with Crippen LogP contribution in [0, 0.1) is 0 Å². The summed E-state index contributed by atoms with van der Waals surface area (Å²) in [4.78, 5) is 35.0. The van der Waals surface area contributed by atoms with Crippen molar-refractivity contribution in [3.8, 4) is 0 Å². The van der Waals surface area contributed by atoms with Crippen LogP contribution in [0.5, 0.6) is 0 Å². The molecular formula is C17H17FeNO4. The van der Waals surface area contributed by atoms with E-state index in [2.05, 4.69) is 0 Å². The molecule has 2 amide bonds. The van der Waals surface area contributed by atoms with E-state index in [1.165, 1.54) is 0 Å². The first-order chi connectivity index (χ1) is 10.6. The number of carboxylic acids is 1. The quantitative estimate of drug-likeness (QED) is 0.517. The summed E-state index contributed by atoms with van der Waals surface area (Å²) in [6.45, 7) is 0. The van der Waals surface area contributed by atoms with Crippen LogP contribution < -0.4 is 0 Å². The Morgan fingerprint density at radius 2 is 1.74 bits per heavy atom. The number of carboxylic acid groups (broad SMARTS) is 1. The van der Waals surface area contributed by atoms with E-state index < -0.39 is 23.8 Å². The SMILES string of the molecule is O=C(O)C(Cc1cc[cH-]c1)N1C(=O)CCC1=O.[Fe+2].c1cc[cH-]c1. The second-order valence-corrected chi connectivity index (χ2v) is 4.97. The standard InChI is InChI=1S/C12H12NO4.C5H5.Fe/c14-10-5-6-11(15)13(10)9(12(16)17)7-8-3-1-2-4-8;1-2-4-5-3-1;/h1-4,9H,5-7H2,(H,16,17);1-5H;/q2*-1;+2. The summed E-state index contributed by atoms with van der Waals surface area (Å²) in [7, 11) is 0. The van der Waals surface area contributed by atoms with Crippen LogP contribution in [-0.4, -0.2) is 33.8 Å². The van der Waals surface area contributed by atoms with Gasteiger partial charge in [0.15, 0.2) is 0 Å². The minimum atomic E-state index is -1.14. The Kier molecular flexibility index (Phi) is 7.45. The van der Waals surface area contributed by atoms with Gasteiger partial charge in [-0.25, -0.2) is 18.2 Å². The zero-order valence-corrected chi connectivity index (χ0v) is 13.5. The normalized spacial score (nSPS) is 14.7. The van der Waals surface area contributed by atoms with Gasteiger partial charge in [-0.3, -0.25) is 19.3 Å². The molecule has 0 aromatic heterocycles. The third-order valence-electron chi connectivity index (χ3n) is 3.40. The Morgan fingerprint density at radius 1 is 1.13 bits per heavy atom. The summed E-state index contributed by atoms with van der Waals surface area (Å²) in [5.74, 6) is -1.93. The first-order valence-corrected chi connectivity index (χ1v) is 7.04. The van der Waals surface area contributed by atoms with Gasteiger partial charge in [-0.1, -0.05) is 6.42 Å². The fourth-order valence-electron chi connectivity index (χ4n) is 2.32. The van der Waals surface area contributed by atoms with Gasteiger partial charge in [-0.15, -0.1) is 0 Å². The summed E-state index contributed by atoms with van der Waals surface area (Å²) in [5.41, 5.74) is 0.810. The maximum absolute atomic E-state index is 11.5. The van der Waals surface area contributed by atoms with E-state index in [1.807, 2.05) is 30.3 Å². The van der Waals surface area contributed by atoms with E-state index in [4.69, 9.17) is 5.11 Å². The number of aliphatic carboxylic acids is 1. The number of amides is 2. The van der Waals surface area contributed by atoms with Crippen LogP contribution in [0.3, 0.4) is 0 Å². The maximum atomic E-state index is 11.5. The van der Waals surface area contributed by atoms with Gasteiger partial charge >= 0.3 is 23.0 Å². The van der Waals surface area contributed by atoms with Gasteiger partial charge in [0.25, 0.3) is 0 Å². The van der Waals surface area contributed by atoms with Gasteiger partial charge in [0.1, 0.15) is 6.04 Å². The molecular weight excluding hydrogens is 338 g/mol. The van der Waals surface area contributed by atoms with Gasteiger partial charge in [0.2, 0.25) is 11.8 Å². The van der Waals surface area contributed by atoms with Crippen LogP contribution in [0.25, 0.3) is 0 Å². The molecule has 0 bridgehead atoms. The van der Waals surface area contributed by atoms with Crippen LogP contribution in [0.4, 0.5) is 0 Å². The minimum absolute atomic E-state index is 0. The second kappa shape index (κ2) is 9.08. The Hall–Kier alpha value is -2.17. The first-order valence-electron chi connectivity index (χ1n) is 7.04. The Balaban J connectivity index is 0.000000377. The summed E-state index contributed by atoms with van der Waals surface area (Å²) in [5, 5.41) is 9.12. The molecule has 1 N–H and O–H groups in total. The van der Waals surface area contributed by atoms with Gasteiger partial charge in [-0.2, -0.15) is 42.0 Å². The van der Waals surface area contributed by atoms with Crippen LogP contribution in [0.1, 0.15) is 18.4 Å². The number of carbonyl (C=O) groups excluding carboxylic acids is 2. The summed E-state index contributed by atoms with van der Waals surface area (Å²) in [6, 6.07) is 16.1. The van der Waals surface area contributed by atoms with Crippen molar-refractivity contribution in [2.24, 2.45) is 0 Å². The van der Waals surface area contributed by atoms with Gasteiger partial charge in [0, 0.05) is 12.8 Å². The molecule has 2 aromatic carbocycles. The molecule has 1 atom stereocenters. The van der Waals surface area contributed by atoms with E-state index in [0.29, 0.717) is 0 Å². The van der Waals surface area contributed by atoms with Crippen LogP contribution in [0.15, 0.2) is 54.6 Å². The average Bonchev–Trinajstić information content (AvgIpc) is 3.21. The molecule has 1 saturated heterocycles. The zero-order chi connectivity index (χ0) is 15.9. The zero-order valence-electron chi connectivity index (χ0n) is 12.4. The summed E-state index contributed by atoms with van der Waals surface area (Å²) in [6.07, 6.45) is 0.396. The van der Waals surface area contributed by atoms with Crippen molar-refractivity contribution in [3.05, 3.63) is 60.2 Å². The molecule has 1 aliphatic heterocycles. The van der Waals surface area contributed by atoms with Crippen LogP contribution in [-0.2, 0) is 37.9 Å². The largest absolute Gasteiger partial charge is 2.00 e. The molecule has 122 valence electrons. The molecule has 0 radical (unpaired) electrons. The molecule has 1 aliphatic rings. The number of rotatable bonds is 4. The molecule has 0 spiro atoms. The molecule has 1 fully saturated rings. The number of carbonyl (C=O) groups is 3. The molecule has 2 aromatic rings. The van der Waals surface area contributed by atoms with Crippen molar-refractivity contribution < 1.29 is 36.6 Å². The van der Waals surface area contributed by atoms with Gasteiger partial charge in [0.05, 0.1) is 0 Å². The van der Waals surface area contributed by atoms with Gasteiger partial charge < -0.3 is 5.11 Å². The molecule has 5 nitrogen and oxygen atoms in total. The Labute approximate surface area is 145 Å². The predicted octanol–water partition coefficient (Wildman–Crippen LogP) is 1.95. The Morgan fingerprint density at radius 3 is 2.13 bits per heavy atom. The number of nitrogens with zero attached hydrogens (tertiary/aromatic N) is 1. The van der Waals surface area contributed by atoms with Gasteiger partial charge in [-0.05, 0) is 0 Å². The number of hydrogen-bond acceptors (Lipinski definition) is 3. The van der Waals surface area contributed by atoms with E-state index in [9.17, 15) is 14.4 Å². The topological polar surface area (TPSA) is 74.7 Å².